The van der Waals surface area contributed by atoms with Gasteiger partial charge in [0, 0.05) is 25.7 Å². The summed E-state index contributed by atoms with van der Waals surface area (Å²) in [6.07, 6.45) is 6.06. The lowest BCUT2D eigenvalue weighted by atomic mass is 10.2. The van der Waals surface area contributed by atoms with Gasteiger partial charge in [-0.25, -0.2) is 4.98 Å². The first-order chi connectivity index (χ1) is 10.2. The van der Waals surface area contributed by atoms with Crippen LogP contribution in [0, 0.1) is 0 Å². The number of pyridine rings is 1. The smallest absolute Gasteiger partial charge is 0.126 e. The number of hydrogen-bond donors (Lipinski definition) is 2. The maximum atomic E-state index is 9.31. The Bertz CT molecular complexity index is 436. The molecule has 1 aromatic rings. The van der Waals surface area contributed by atoms with Crippen molar-refractivity contribution >= 4 is 17.4 Å². The number of aromatic nitrogens is 1. The summed E-state index contributed by atoms with van der Waals surface area (Å²) in [4.78, 5) is 6.96. The van der Waals surface area contributed by atoms with Gasteiger partial charge in [-0.3, -0.25) is 4.90 Å². The van der Waals surface area contributed by atoms with Crippen molar-refractivity contribution in [2.45, 2.75) is 51.6 Å². The Labute approximate surface area is 132 Å². The van der Waals surface area contributed by atoms with E-state index in [0.29, 0.717) is 24.2 Å². The van der Waals surface area contributed by atoms with Crippen molar-refractivity contribution < 1.29 is 5.11 Å². The SMILES string of the molecule is CCCNc1ccc(Cl)c(CN(CCO)C2CCCC2)n1. The second-order valence-electron chi connectivity index (χ2n) is 5.68. The molecular weight excluding hydrogens is 286 g/mol. The van der Waals surface area contributed by atoms with E-state index in [1.807, 2.05) is 12.1 Å². The second kappa shape index (κ2) is 8.57. The Balaban J connectivity index is 2.07. The van der Waals surface area contributed by atoms with E-state index in [0.717, 1.165) is 24.5 Å². The maximum absolute atomic E-state index is 9.31. The van der Waals surface area contributed by atoms with E-state index in [-0.39, 0.29) is 6.61 Å². The van der Waals surface area contributed by atoms with Crippen molar-refractivity contribution in [1.29, 1.82) is 0 Å². The highest BCUT2D eigenvalue weighted by molar-refractivity contribution is 6.31. The van der Waals surface area contributed by atoms with Gasteiger partial charge in [0.05, 0.1) is 17.3 Å². The molecule has 0 spiro atoms. The normalized spacial score (nSPS) is 15.8. The van der Waals surface area contributed by atoms with Gasteiger partial charge < -0.3 is 10.4 Å². The topological polar surface area (TPSA) is 48.4 Å². The van der Waals surface area contributed by atoms with Crippen LogP contribution in [0.15, 0.2) is 12.1 Å². The lowest BCUT2D eigenvalue weighted by Gasteiger charge is -2.28. The summed E-state index contributed by atoms with van der Waals surface area (Å²) in [7, 11) is 0. The van der Waals surface area contributed by atoms with E-state index < -0.39 is 0 Å². The predicted octanol–water partition coefficient (Wildman–Crippen LogP) is 3.29. The average Bonchev–Trinajstić information content (AvgIpc) is 3.01. The van der Waals surface area contributed by atoms with Crippen molar-refractivity contribution in [2.24, 2.45) is 0 Å². The van der Waals surface area contributed by atoms with Crippen molar-refractivity contribution in [2.75, 3.05) is 25.0 Å². The van der Waals surface area contributed by atoms with E-state index in [1.54, 1.807) is 0 Å². The third kappa shape index (κ3) is 4.83. The number of anilines is 1. The van der Waals surface area contributed by atoms with Gasteiger partial charge in [0.25, 0.3) is 0 Å². The molecular formula is C16H26ClN3O. The van der Waals surface area contributed by atoms with Gasteiger partial charge in [-0.15, -0.1) is 0 Å². The summed E-state index contributed by atoms with van der Waals surface area (Å²) < 4.78 is 0. The molecule has 1 fully saturated rings. The highest BCUT2D eigenvalue weighted by atomic mass is 35.5. The molecule has 0 bridgehead atoms. The van der Waals surface area contributed by atoms with Gasteiger partial charge in [-0.05, 0) is 31.4 Å². The fourth-order valence-corrected chi connectivity index (χ4v) is 3.09. The Hall–Kier alpha value is -0.840. The van der Waals surface area contributed by atoms with Crippen LogP contribution in [0.4, 0.5) is 5.82 Å². The maximum Gasteiger partial charge on any atom is 0.126 e. The number of rotatable bonds is 8. The summed E-state index contributed by atoms with van der Waals surface area (Å²) >= 11 is 6.30. The molecule has 21 heavy (non-hydrogen) atoms. The van der Waals surface area contributed by atoms with Crippen LogP contribution in [-0.2, 0) is 6.54 Å². The molecule has 0 atom stereocenters. The van der Waals surface area contributed by atoms with E-state index in [2.05, 4.69) is 22.1 Å². The summed E-state index contributed by atoms with van der Waals surface area (Å²) in [6.45, 7) is 4.63. The first kappa shape index (κ1) is 16.5. The van der Waals surface area contributed by atoms with Crippen molar-refractivity contribution in [3.63, 3.8) is 0 Å². The number of aliphatic hydroxyl groups is 1. The van der Waals surface area contributed by atoms with Crippen molar-refractivity contribution in [1.82, 2.24) is 9.88 Å². The molecule has 0 aromatic carbocycles. The highest BCUT2D eigenvalue weighted by Gasteiger charge is 2.23. The zero-order valence-electron chi connectivity index (χ0n) is 12.8. The zero-order valence-corrected chi connectivity index (χ0v) is 13.6. The van der Waals surface area contributed by atoms with Gasteiger partial charge in [0.1, 0.15) is 5.82 Å². The minimum Gasteiger partial charge on any atom is -0.395 e. The molecule has 5 heteroatoms. The van der Waals surface area contributed by atoms with Crippen LogP contribution in [0.2, 0.25) is 5.02 Å². The first-order valence-corrected chi connectivity index (χ1v) is 8.36. The minimum atomic E-state index is 0.182. The molecule has 0 amide bonds. The van der Waals surface area contributed by atoms with E-state index in [1.165, 1.54) is 25.7 Å². The molecule has 0 unspecified atom stereocenters. The molecule has 1 aromatic heterocycles. The molecule has 118 valence electrons. The number of halogens is 1. The summed E-state index contributed by atoms with van der Waals surface area (Å²) in [5.41, 5.74) is 0.901. The molecule has 1 aliphatic rings. The Kier molecular flexibility index (Phi) is 6.74. The van der Waals surface area contributed by atoms with Gasteiger partial charge in [-0.1, -0.05) is 31.4 Å². The molecule has 1 aliphatic carbocycles. The standard InChI is InChI=1S/C16H26ClN3O/c1-2-9-18-16-8-7-14(17)15(19-16)12-20(10-11-21)13-5-3-4-6-13/h7-8,13,21H,2-6,9-12H2,1H3,(H,18,19). The van der Waals surface area contributed by atoms with Gasteiger partial charge in [-0.2, -0.15) is 0 Å². The number of aliphatic hydroxyl groups excluding tert-OH is 1. The van der Waals surface area contributed by atoms with E-state index in [4.69, 9.17) is 11.6 Å². The third-order valence-corrected chi connectivity index (χ3v) is 4.40. The van der Waals surface area contributed by atoms with E-state index >= 15 is 0 Å². The van der Waals surface area contributed by atoms with Crippen LogP contribution in [-0.4, -0.2) is 40.7 Å². The van der Waals surface area contributed by atoms with Crippen LogP contribution in [0.1, 0.15) is 44.7 Å². The van der Waals surface area contributed by atoms with Crippen LogP contribution in [0.25, 0.3) is 0 Å². The molecule has 2 rings (SSSR count). The summed E-state index contributed by atoms with van der Waals surface area (Å²) in [5, 5.41) is 13.3. The van der Waals surface area contributed by atoms with Crippen molar-refractivity contribution in [3.05, 3.63) is 22.8 Å². The van der Waals surface area contributed by atoms with Crippen molar-refractivity contribution in [3.8, 4) is 0 Å². The van der Waals surface area contributed by atoms with Crippen LogP contribution in [0.5, 0.6) is 0 Å². The van der Waals surface area contributed by atoms with E-state index in [9.17, 15) is 5.11 Å². The summed E-state index contributed by atoms with van der Waals surface area (Å²) in [5.74, 6) is 0.881. The minimum absolute atomic E-state index is 0.182. The Morgan fingerprint density at radius 1 is 1.38 bits per heavy atom. The fraction of sp³-hybridized carbons (Fsp3) is 0.688. The van der Waals surface area contributed by atoms with Gasteiger partial charge in [0.2, 0.25) is 0 Å². The zero-order chi connectivity index (χ0) is 15.1. The molecule has 4 nitrogen and oxygen atoms in total. The quantitative estimate of drug-likeness (QED) is 0.773. The largest absolute Gasteiger partial charge is 0.395 e. The predicted molar refractivity (Wildman–Crippen MR) is 87.8 cm³/mol. The molecule has 1 heterocycles. The summed E-state index contributed by atoms with van der Waals surface area (Å²) in [6, 6.07) is 4.39. The van der Waals surface area contributed by atoms with Crippen LogP contribution >= 0.6 is 11.6 Å². The molecule has 1 saturated carbocycles. The molecule has 0 radical (unpaired) electrons. The molecule has 2 N–H and O–H groups in total. The molecule has 0 aliphatic heterocycles. The Morgan fingerprint density at radius 2 is 2.14 bits per heavy atom. The highest BCUT2D eigenvalue weighted by Crippen LogP contribution is 2.26. The van der Waals surface area contributed by atoms with Crippen LogP contribution < -0.4 is 5.32 Å². The third-order valence-electron chi connectivity index (χ3n) is 4.06. The lowest BCUT2D eigenvalue weighted by molar-refractivity contribution is 0.143. The average molecular weight is 312 g/mol. The monoisotopic (exact) mass is 311 g/mol. The fourth-order valence-electron chi connectivity index (χ4n) is 2.93. The second-order valence-corrected chi connectivity index (χ2v) is 6.09. The van der Waals surface area contributed by atoms with Gasteiger partial charge in [0.15, 0.2) is 0 Å². The lowest BCUT2D eigenvalue weighted by Crippen LogP contribution is -2.35. The van der Waals surface area contributed by atoms with Crippen LogP contribution in [0.3, 0.4) is 0 Å². The number of nitrogens with zero attached hydrogens (tertiary/aromatic N) is 2. The van der Waals surface area contributed by atoms with Gasteiger partial charge >= 0.3 is 0 Å². The number of nitrogens with one attached hydrogen (secondary N) is 1. The number of hydrogen-bond acceptors (Lipinski definition) is 4. The Morgan fingerprint density at radius 3 is 2.81 bits per heavy atom. The first-order valence-electron chi connectivity index (χ1n) is 7.98. The molecule has 0 saturated heterocycles.